The molecule has 0 amide bonds. The highest BCUT2D eigenvalue weighted by Crippen LogP contribution is 2.38. The maximum absolute atomic E-state index is 14.6. The largest absolute Gasteiger partial charge is 0.453 e. The third-order valence-corrected chi connectivity index (χ3v) is 6.88. The predicted molar refractivity (Wildman–Crippen MR) is 129 cm³/mol. The summed E-state index contributed by atoms with van der Waals surface area (Å²) in [4.78, 5) is 0. The molecule has 3 aromatic carbocycles. The molecule has 0 atom stereocenters. The predicted octanol–water partition coefficient (Wildman–Crippen LogP) is 9.63. The van der Waals surface area contributed by atoms with Gasteiger partial charge in [0.15, 0.2) is 29.0 Å². The smallest absolute Gasteiger partial charge is 0.201 e. The van der Waals surface area contributed by atoms with Gasteiger partial charge in [-0.3, -0.25) is 0 Å². The molecule has 35 heavy (non-hydrogen) atoms. The highest BCUT2D eigenvalue weighted by molar-refractivity contribution is 5.71. The van der Waals surface area contributed by atoms with E-state index in [4.69, 9.17) is 4.74 Å². The fraction of sp³-hybridized carbons (Fsp3) is 0.379. The highest BCUT2D eigenvalue weighted by Gasteiger charge is 2.21. The Morgan fingerprint density at radius 3 is 1.94 bits per heavy atom. The summed E-state index contributed by atoms with van der Waals surface area (Å²) in [5.41, 5.74) is 1.92. The van der Waals surface area contributed by atoms with E-state index in [9.17, 15) is 22.0 Å². The van der Waals surface area contributed by atoms with Gasteiger partial charge in [0.2, 0.25) is 5.82 Å². The van der Waals surface area contributed by atoms with Gasteiger partial charge >= 0.3 is 0 Å². The lowest BCUT2D eigenvalue weighted by atomic mass is 9.78. The van der Waals surface area contributed by atoms with Crippen LogP contribution >= 0.6 is 0 Å². The van der Waals surface area contributed by atoms with E-state index in [1.54, 1.807) is 12.1 Å². The van der Waals surface area contributed by atoms with Gasteiger partial charge in [-0.25, -0.2) is 17.6 Å². The zero-order valence-corrected chi connectivity index (χ0v) is 19.0. The lowest BCUT2D eigenvalue weighted by molar-refractivity contribution is 0.259. The molecule has 0 aromatic heterocycles. The fourth-order valence-corrected chi connectivity index (χ4v) is 4.72. The molecule has 1 saturated carbocycles. The van der Waals surface area contributed by atoms with Gasteiger partial charge in [0, 0.05) is 17.7 Å². The Balaban J connectivity index is 0.00000342. The van der Waals surface area contributed by atoms with Crippen molar-refractivity contribution in [3.8, 4) is 22.6 Å². The first-order valence-corrected chi connectivity index (χ1v) is 11.8. The third-order valence-electron chi connectivity index (χ3n) is 6.88. The van der Waals surface area contributed by atoms with Crippen molar-refractivity contribution < 1.29 is 26.7 Å². The number of halogens is 5. The Kier molecular flexibility index (Phi) is 8.92. The summed E-state index contributed by atoms with van der Waals surface area (Å²) >= 11 is 0. The van der Waals surface area contributed by atoms with Gasteiger partial charge in [-0.2, -0.15) is 4.39 Å². The van der Waals surface area contributed by atoms with Gasteiger partial charge in [-0.15, -0.1) is 0 Å². The Labute approximate surface area is 204 Å². The van der Waals surface area contributed by atoms with Crippen LogP contribution < -0.4 is 4.74 Å². The molecule has 4 rings (SSSR count). The molecule has 0 saturated heterocycles. The van der Waals surface area contributed by atoms with Crippen LogP contribution in [-0.2, 0) is 6.42 Å². The molecule has 0 bridgehead atoms. The van der Waals surface area contributed by atoms with Gasteiger partial charge in [0.25, 0.3) is 0 Å². The highest BCUT2D eigenvalue weighted by atomic mass is 19.2. The standard InChI is InChI=1S/C28H27F5O.CH4/c1-2-17-3-5-18(6-4-17)7-8-19-9-11-20(12-10-19)22-13-14-23(29)27(33)28(22)34-21-15-24(30)26(32)25(31)16-21;/h9-18H,2-8H2,1H3;1H4. The van der Waals surface area contributed by atoms with Crippen molar-refractivity contribution in [2.75, 3.05) is 0 Å². The van der Waals surface area contributed by atoms with Crippen LogP contribution in [0, 0.1) is 40.9 Å². The molecule has 188 valence electrons. The molecule has 0 radical (unpaired) electrons. The van der Waals surface area contributed by atoms with Gasteiger partial charge in [0.05, 0.1) is 0 Å². The minimum atomic E-state index is -1.67. The average Bonchev–Trinajstić information content (AvgIpc) is 2.85. The van der Waals surface area contributed by atoms with Crippen molar-refractivity contribution >= 4 is 0 Å². The molecular formula is C29H31F5O. The summed E-state index contributed by atoms with van der Waals surface area (Å²) in [5, 5.41) is 0. The van der Waals surface area contributed by atoms with Crippen molar-refractivity contribution in [1.82, 2.24) is 0 Å². The van der Waals surface area contributed by atoms with Crippen LogP contribution in [0.4, 0.5) is 22.0 Å². The number of hydrogen-bond donors (Lipinski definition) is 0. The van der Waals surface area contributed by atoms with E-state index >= 15 is 0 Å². The summed E-state index contributed by atoms with van der Waals surface area (Å²) in [7, 11) is 0. The molecule has 1 aliphatic carbocycles. The second kappa shape index (κ2) is 11.7. The zero-order valence-electron chi connectivity index (χ0n) is 19.0. The van der Waals surface area contributed by atoms with Crippen molar-refractivity contribution in [2.24, 2.45) is 11.8 Å². The van der Waals surface area contributed by atoms with Crippen LogP contribution in [-0.4, -0.2) is 0 Å². The summed E-state index contributed by atoms with van der Waals surface area (Å²) in [5.74, 6) is -6.49. The maximum Gasteiger partial charge on any atom is 0.201 e. The molecule has 1 fully saturated rings. The van der Waals surface area contributed by atoms with E-state index in [-0.39, 0.29) is 13.0 Å². The Hall–Kier alpha value is -2.89. The fourth-order valence-electron chi connectivity index (χ4n) is 4.72. The molecule has 0 heterocycles. The van der Waals surface area contributed by atoms with Crippen molar-refractivity contribution in [3.05, 3.63) is 83.2 Å². The number of ether oxygens (including phenoxy) is 1. The summed E-state index contributed by atoms with van der Waals surface area (Å²) in [6, 6.07) is 10.9. The van der Waals surface area contributed by atoms with Crippen LogP contribution in [0.1, 0.15) is 58.4 Å². The number of benzene rings is 3. The van der Waals surface area contributed by atoms with Crippen LogP contribution in [0.3, 0.4) is 0 Å². The monoisotopic (exact) mass is 490 g/mol. The van der Waals surface area contributed by atoms with Crippen LogP contribution in [0.2, 0.25) is 0 Å². The third kappa shape index (κ3) is 6.22. The molecule has 0 aliphatic heterocycles. The summed E-state index contributed by atoms with van der Waals surface area (Å²) < 4.78 is 74.2. The summed E-state index contributed by atoms with van der Waals surface area (Å²) in [6.45, 7) is 2.26. The number of aryl methyl sites for hydroxylation is 1. The van der Waals surface area contributed by atoms with Crippen LogP contribution in [0.15, 0.2) is 48.5 Å². The zero-order chi connectivity index (χ0) is 24.2. The van der Waals surface area contributed by atoms with E-state index in [0.717, 1.165) is 36.3 Å². The Morgan fingerprint density at radius 1 is 0.743 bits per heavy atom. The molecular weight excluding hydrogens is 459 g/mol. The van der Waals surface area contributed by atoms with E-state index in [1.807, 2.05) is 12.1 Å². The van der Waals surface area contributed by atoms with E-state index < -0.39 is 40.6 Å². The molecule has 0 unspecified atom stereocenters. The lowest BCUT2D eigenvalue weighted by Gasteiger charge is -2.27. The summed E-state index contributed by atoms with van der Waals surface area (Å²) in [6.07, 6.45) is 8.48. The maximum atomic E-state index is 14.6. The molecule has 1 nitrogen and oxygen atoms in total. The molecule has 3 aromatic rings. The lowest BCUT2D eigenvalue weighted by Crippen LogP contribution is -2.14. The minimum absolute atomic E-state index is 0. The van der Waals surface area contributed by atoms with E-state index in [1.165, 1.54) is 38.2 Å². The molecule has 0 spiro atoms. The van der Waals surface area contributed by atoms with Gasteiger partial charge in [-0.1, -0.05) is 70.7 Å². The first-order chi connectivity index (χ1) is 16.4. The number of rotatable bonds is 7. The number of hydrogen-bond acceptors (Lipinski definition) is 1. The SMILES string of the molecule is C.CCC1CCC(CCc2ccc(-c3ccc(F)c(F)c3Oc3cc(F)c(F)c(F)c3)cc2)CC1. The van der Waals surface area contributed by atoms with Gasteiger partial charge < -0.3 is 4.74 Å². The quantitative estimate of drug-likeness (QED) is 0.237. The molecule has 1 aliphatic rings. The average molecular weight is 491 g/mol. The van der Waals surface area contributed by atoms with Crippen LogP contribution in [0.5, 0.6) is 11.5 Å². The Bertz CT molecular complexity index is 1110. The Morgan fingerprint density at radius 2 is 1.34 bits per heavy atom. The van der Waals surface area contributed by atoms with Gasteiger partial charge in [-0.05, 0) is 47.9 Å². The molecule has 0 N–H and O–H groups in total. The molecule has 6 heteroatoms. The second-order valence-corrected chi connectivity index (χ2v) is 9.07. The minimum Gasteiger partial charge on any atom is -0.453 e. The van der Waals surface area contributed by atoms with E-state index in [0.29, 0.717) is 17.7 Å². The van der Waals surface area contributed by atoms with Crippen molar-refractivity contribution in [2.45, 2.75) is 59.3 Å². The topological polar surface area (TPSA) is 9.23 Å². The van der Waals surface area contributed by atoms with E-state index in [2.05, 4.69) is 6.92 Å². The second-order valence-electron chi connectivity index (χ2n) is 9.07. The van der Waals surface area contributed by atoms with Crippen LogP contribution in [0.25, 0.3) is 11.1 Å². The first kappa shape index (κ1) is 26.7. The van der Waals surface area contributed by atoms with Crippen molar-refractivity contribution in [1.29, 1.82) is 0 Å². The first-order valence-electron chi connectivity index (χ1n) is 11.8. The van der Waals surface area contributed by atoms with Gasteiger partial charge in [0.1, 0.15) is 5.75 Å². The normalized spacial score (nSPS) is 17.7. The van der Waals surface area contributed by atoms with Crippen molar-refractivity contribution in [3.63, 3.8) is 0 Å².